The molecule has 1 atom stereocenters. The van der Waals surface area contributed by atoms with Crippen molar-refractivity contribution in [1.29, 1.82) is 0 Å². The van der Waals surface area contributed by atoms with E-state index in [0.29, 0.717) is 0 Å². The highest BCUT2D eigenvalue weighted by atomic mass is 14.3. The van der Waals surface area contributed by atoms with Gasteiger partial charge in [-0.25, -0.2) is 0 Å². The molecule has 0 saturated heterocycles. The molecule has 0 amide bonds. The third-order valence-electron chi connectivity index (χ3n) is 6.49. The van der Waals surface area contributed by atoms with Gasteiger partial charge in [-0.15, -0.1) is 0 Å². The van der Waals surface area contributed by atoms with E-state index in [1.165, 1.54) is 76.2 Å². The minimum atomic E-state index is 0.821. The van der Waals surface area contributed by atoms with Crippen LogP contribution in [0.15, 0.2) is 30.3 Å². The Morgan fingerprint density at radius 3 is 2.29 bits per heavy atom. The van der Waals surface area contributed by atoms with E-state index in [1.807, 2.05) is 0 Å². The highest BCUT2D eigenvalue weighted by Crippen LogP contribution is 2.38. The molecule has 2 aliphatic rings. The van der Waals surface area contributed by atoms with Crippen LogP contribution in [0, 0.1) is 11.8 Å². The fourth-order valence-corrected chi connectivity index (χ4v) is 4.66. The summed E-state index contributed by atoms with van der Waals surface area (Å²) < 4.78 is 0. The highest BCUT2D eigenvalue weighted by molar-refractivity contribution is 5.66. The summed E-state index contributed by atoms with van der Waals surface area (Å²) in [6.45, 7) is 4.68. The van der Waals surface area contributed by atoms with E-state index >= 15 is 0 Å². The zero-order chi connectivity index (χ0) is 16.8. The van der Waals surface area contributed by atoms with Crippen LogP contribution in [0.2, 0.25) is 0 Å². The lowest BCUT2D eigenvalue weighted by molar-refractivity contribution is 0.303. The molecular formula is C24H36. The van der Waals surface area contributed by atoms with Crippen LogP contribution in [0.1, 0.15) is 102 Å². The maximum Gasteiger partial charge on any atom is -0.0162 e. The first kappa shape index (κ1) is 17.8. The van der Waals surface area contributed by atoms with E-state index in [9.17, 15) is 0 Å². The lowest BCUT2D eigenvalue weighted by Gasteiger charge is -2.29. The standard InChI is InChI=1S/C24H36/c1-3-4-5-6-20-9-13-22(14-10-20)24-17-15-23(16-18-24)21-11-7-19(2)8-12-21/h11,15-20,22H,3-10,12-14H2,1-2H3. The molecule has 1 saturated carbocycles. The molecule has 0 aromatic heterocycles. The van der Waals surface area contributed by atoms with Gasteiger partial charge < -0.3 is 0 Å². The van der Waals surface area contributed by atoms with E-state index in [-0.39, 0.29) is 0 Å². The van der Waals surface area contributed by atoms with Crippen LogP contribution in [0.5, 0.6) is 0 Å². The Labute approximate surface area is 149 Å². The summed E-state index contributed by atoms with van der Waals surface area (Å²) in [5.74, 6) is 2.71. The van der Waals surface area contributed by atoms with Gasteiger partial charge in [0.05, 0.1) is 0 Å². The molecule has 1 aromatic carbocycles. The van der Waals surface area contributed by atoms with Crippen LogP contribution in [-0.4, -0.2) is 0 Å². The van der Waals surface area contributed by atoms with Gasteiger partial charge in [0.1, 0.15) is 0 Å². The predicted octanol–water partition coefficient (Wildman–Crippen LogP) is 7.74. The molecule has 0 bridgehead atoms. The molecule has 1 fully saturated rings. The summed E-state index contributed by atoms with van der Waals surface area (Å²) in [4.78, 5) is 0. The first-order valence-corrected chi connectivity index (χ1v) is 10.6. The van der Waals surface area contributed by atoms with Crippen molar-refractivity contribution < 1.29 is 0 Å². The molecule has 24 heavy (non-hydrogen) atoms. The minimum Gasteiger partial charge on any atom is -0.0805 e. The Kier molecular flexibility index (Phi) is 6.58. The Hall–Kier alpha value is -1.04. The van der Waals surface area contributed by atoms with Crippen LogP contribution in [0.25, 0.3) is 5.57 Å². The van der Waals surface area contributed by atoms with Crippen molar-refractivity contribution in [2.24, 2.45) is 11.8 Å². The number of hydrogen-bond acceptors (Lipinski definition) is 0. The second-order valence-corrected chi connectivity index (χ2v) is 8.44. The van der Waals surface area contributed by atoms with Gasteiger partial charge in [-0.05, 0) is 79.4 Å². The Balaban J connectivity index is 1.51. The lowest BCUT2D eigenvalue weighted by Crippen LogP contribution is -2.13. The predicted molar refractivity (Wildman–Crippen MR) is 106 cm³/mol. The second-order valence-electron chi connectivity index (χ2n) is 8.44. The van der Waals surface area contributed by atoms with Crippen LogP contribution < -0.4 is 0 Å². The summed E-state index contributed by atoms with van der Waals surface area (Å²) >= 11 is 0. The van der Waals surface area contributed by atoms with Gasteiger partial charge in [0.25, 0.3) is 0 Å². The van der Waals surface area contributed by atoms with Crippen molar-refractivity contribution >= 4 is 5.57 Å². The zero-order valence-electron chi connectivity index (χ0n) is 15.9. The number of hydrogen-bond donors (Lipinski definition) is 0. The largest absolute Gasteiger partial charge is 0.0805 e. The highest BCUT2D eigenvalue weighted by Gasteiger charge is 2.22. The smallest absolute Gasteiger partial charge is 0.0162 e. The summed E-state index contributed by atoms with van der Waals surface area (Å²) in [7, 11) is 0. The average molecular weight is 325 g/mol. The molecule has 0 heterocycles. The fourth-order valence-electron chi connectivity index (χ4n) is 4.66. The van der Waals surface area contributed by atoms with Gasteiger partial charge in [0.2, 0.25) is 0 Å². The molecule has 0 heteroatoms. The molecule has 0 nitrogen and oxygen atoms in total. The van der Waals surface area contributed by atoms with Gasteiger partial charge >= 0.3 is 0 Å². The zero-order valence-corrected chi connectivity index (χ0v) is 15.9. The topological polar surface area (TPSA) is 0 Å². The number of unbranched alkanes of at least 4 members (excludes halogenated alkanes) is 2. The molecule has 2 aliphatic carbocycles. The van der Waals surface area contributed by atoms with Crippen molar-refractivity contribution in [3.8, 4) is 0 Å². The van der Waals surface area contributed by atoms with Gasteiger partial charge in [0.15, 0.2) is 0 Å². The quantitative estimate of drug-likeness (QED) is 0.469. The summed E-state index contributed by atoms with van der Waals surface area (Å²) in [5.41, 5.74) is 4.65. The summed E-state index contributed by atoms with van der Waals surface area (Å²) in [6.07, 6.45) is 17.8. The first-order valence-electron chi connectivity index (χ1n) is 10.6. The van der Waals surface area contributed by atoms with Crippen LogP contribution in [0.4, 0.5) is 0 Å². The molecule has 0 spiro atoms. The SMILES string of the molecule is CCCCCC1CCC(c2ccc(C3=CCC(C)CC3)cc2)CC1. The van der Waals surface area contributed by atoms with Gasteiger partial charge in [-0.1, -0.05) is 69.9 Å². The van der Waals surface area contributed by atoms with E-state index in [1.54, 1.807) is 11.1 Å². The van der Waals surface area contributed by atoms with E-state index in [0.717, 1.165) is 17.8 Å². The summed E-state index contributed by atoms with van der Waals surface area (Å²) in [6, 6.07) is 9.64. The van der Waals surface area contributed by atoms with Crippen molar-refractivity contribution in [3.63, 3.8) is 0 Å². The van der Waals surface area contributed by atoms with Crippen molar-refractivity contribution in [3.05, 3.63) is 41.5 Å². The molecule has 1 unspecified atom stereocenters. The van der Waals surface area contributed by atoms with Crippen molar-refractivity contribution in [1.82, 2.24) is 0 Å². The molecule has 132 valence electrons. The number of benzene rings is 1. The summed E-state index contributed by atoms with van der Waals surface area (Å²) in [5, 5.41) is 0. The van der Waals surface area contributed by atoms with Gasteiger partial charge in [0, 0.05) is 0 Å². The third-order valence-corrected chi connectivity index (χ3v) is 6.49. The molecule has 1 aromatic rings. The first-order chi connectivity index (χ1) is 11.8. The second kappa shape index (κ2) is 8.88. The number of rotatable bonds is 6. The molecule has 0 radical (unpaired) electrons. The molecule has 0 aliphatic heterocycles. The molecule has 3 rings (SSSR count). The third kappa shape index (κ3) is 4.74. The maximum atomic E-state index is 2.48. The maximum absolute atomic E-state index is 2.48. The average Bonchev–Trinajstić information content (AvgIpc) is 2.63. The Bertz CT molecular complexity index is 513. The molecule has 0 N–H and O–H groups in total. The lowest BCUT2D eigenvalue weighted by atomic mass is 9.76. The van der Waals surface area contributed by atoms with Crippen LogP contribution in [0.3, 0.4) is 0 Å². The van der Waals surface area contributed by atoms with E-state index in [4.69, 9.17) is 0 Å². The van der Waals surface area contributed by atoms with Gasteiger partial charge in [-0.2, -0.15) is 0 Å². The van der Waals surface area contributed by atoms with Crippen LogP contribution in [-0.2, 0) is 0 Å². The fraction of sp³-hybridized carbons (Fsp3) is 0.667. The Morgan fingerprint density at radius 1 is 0.917 bits per heavy atom. The van der Waals surface area contributed by atoms with Gasteiger partial charge in [-0.3, -0.25) is 0 Å². The monoisotopic (exact) mass is 324 g/mol. The number of allylic oxidation sites excluding steroid dienone is 2. The molecular weight excluding hydrogens is 288 g/mol. The van der Waals surface area contributed by atoms with E-state index < -0.39 is 0 Å². The Morgan fingerprint density at radius 2 is 1.67 bits per heavy atom. The van der Waals surface area contributed by atoms with E-state index in [2.05, 4.69) is 44.2 Å². The van der Waals surface area contributed by atoms with Crippen molar-refractivity contribution in [2.75, 3.05) is 0 Å². The minimum absolute atomic E-state index is 0.821. The van der Waals surface area contributed by atoms with Crippen molar-refractivity contribution in [2.45, 2.75) is 90.4 Å². The normalized spacial score (nSPS) is 27.8. The van der Waals surface area contributed by atoms with Crippen LogP contribution >= 0.6 is 0 Å².